The summed E-state index contributed by atoms with van der Waals surface area (Å²) in [7, 11) is 0. The fourth-order valence-corrected chi connectivity index (χ4v) is 2.74. The lowest BCUT2D eigenvalue weighted by Crippen LogP contribution is -2.43. The van der Waals surface area contributed by atoms with E-state index >= 15 is 0 Å². The van der Waals surface area contributed by atoms with Gasteiger partial charge in [-0.05, 0) is 62.3 Å². The number of carbonyl (C=O) groups excluding carboxylic acids is 3. The molecule has 0 bridgehead atoms. The van der Waals surface area contributed by atoms with E-state index in [0.717, 1.165) is 0 Å². The predicted octanol–water partition coefficient (Wildman–Crippen LogP) is 1.08. The van der Waals surface area contributed by atoms with E-state index in [1.165, 1.54) is 0 Å². The Hall–Kier alpha value is -1.75. The molecule has 0 aliphatic carbocycles. The number of carbonyl (C=O) groups is 3. The molecule has 0 amide bonds. The van der Waals surface area contributed by atoms with Crippen LogP contribution in [0.3, 0.4) is 0 Å². The fourth-order valence-electron chi connectivity index (χ4n) is 2.74. The predicted molar refractivity (Wildman–Crippen MR) is 133 cm³/mol. The molecule has 0 spiro atoms. The molecule has 0 saturated carbocycles. The third-order valence-corrected chi connectivity index (χ3v) is 3.84. The van der Waals surface area contributed by atoms with Crippen LogP contribution in [0.15, 0.2) is 0 Å². The van der Waals surface area contributed by atoms with Gasteiger partial charge in [-0.1, -0.05) is 0 Å². The number of hydrogen-bond acceptors (Lipinski definition) is 10. The van der Waals surface area contributed by atoms with Gasteiger partial charge in [-0.3, -0.25) is 19.3 Å². The van der Waals surface area contributed by atoms with Crippen molar-refractivity contribution >= 4 is 17.9 Å². The van der Waals surface area contributed by atoms with Crippen LogP contribution in [0.1, 0.15) is 62.3 Å². The Balaban J connectivity index is 4.33. The van der Waals surface area contributed by atoms with Gasteiger partial charge >= 0.3 is 17.9 Å². The molecule has 0 saturated heterocycles. The highest BCUT2D eigenvalue weighted by Gasteiger charge is 2.20. The molecule has 0 fully saturated rings. The van der Waals surface area contributed by atoms with Crippen molar-refractivity contribution in [3.05, 3.63) is 0 Å². The van der Waals surface area contributed by atoms with Crippen LogP contribution in [0, 0.1) is 0 Å². The quantitative estimate of drug-likeness (QED) is 0.176. The van der Waals surface area contributed by atoms with Crippen LogP contribution in [0.2, 0.25) is 0 Å². The lowest BCUT2D eigenvalue weighted by Gasteiger charge is -2.25. The molecule has 0 rings (SSSR count). The minimum atomic E-state index is -0.546. The summed E-state index contributed by atoms with van der Waals surface area (Å²) in [4.78, 5) is 37.8. The minimum absolute atomic E-state index is 0.110. The van der Waals surface area contributed by atoms with Gasteiger partial charge in [0.15, 0.2) is 0 Å². The Morgan fingerprint density at radius 1 is 0.559 bits per heavy atom. The topological polar surface area (TPSA) is 118 Å². The lowest BCUT2D eigenvalue weighted by molar-refractivity contribution is -0.156. The molecular formula is C24H48N4O6. The summed E-state index contributed by atoms with van der Waals surface area (Å²) in [5.74, 6) is -0.889. The number of esters is 3. The normalized spacial score (nSPS) is 12.5. The van der Waals surface area contributed by atoms with Crippen molar-refractivity contribution in [3.8, 4) is 0 Å². The molecule has 0 aliphatic rings. The molecule has 0 radical (unpaired) electrons. The number of ether oxygens (including phenoxy) is 3. The first-order chi connectivity index (χ1) is 15.5. The van der Waals surface area contributed by atoms with Crippen LogP contribution in [0.5, 0.6) is 0 Å². The Morgan fingerprint density at radius 2 is 0.912 bits per heavy atom. The molecule has 3 N–H and O–H groups in total. The van der Waals surface area contributed by atoms with Crippen molar-refractivity contribution in [3.63, 3.8) is 0 Å². The summed E-state index contributed by atoms with van der Waals surface area (Å²) in [6.07, 6.45) is 0. The summed E-state index contributed by atoms with van der Waals surface area (Å²) in [5.41, 5.74) is -1.55. The molecule has 0 atom stereocenters. The summed E-state index contributed by atoms with van der Waals surface area (Å²) in [5, 5.41) is 9.40. The molecule has 0 unspecified atom stereocenters. The van der Waals surface area contributed by atoms with Gasteiger partial charge in [0.1, 0.15) is 16.8 Å². The van der Waals surface area contributed by atoms with Crippen LogP contribution in [0.4, 0.5) is 0 Å². The zero-order chi connectivity index (χ0) is 26.4. The van der Waals surface area contributed by atoms with Crippen LogP contribution in [-0.4, -0.2) is 98.5 Å². The van der Waals surface area contributed by atoms with E-state index in [1.807, 2.05) is 67.2 Å². The number of nitrogens with zero attached hydrogens (tertiary/aromatic N) is 1. The Labute approximate surface area is 205 Å². The summed E-state index contributed by atoms with van der Waals surface area (Å²) in [6, 6.07) is 0. The molecule has 0 heterocycles. The van der Waals surface area contributed by atoms with Gasteiger partial charge in [0.25, 0.3) is 0 Å². The molecular weight excluding hydrogens is 440 g/mol. The zero-order valence-electron chi connectivity index (χ0n) is 22.8. The standard InChI is InChI=1S/C24H48N4O6/c1-22(2,3)32-19(29)16-26-11-10-25-12-14-28(18-21(31)34-24(7,8)9)15-13-27-17-20(30)33-23(4,5)6/h25-27H,10-18H2,1-9H3. The third-order valence-electron chi connectivity index (χ3n) is 3.84. The van der Waals surface area contributed by atoms with Crippen molar-refractivity contribution < 1.29 is 28.6 Å². The van der Waals surface area contributed by atoms with Crippen molar-refractivity contribution in [2.75, 3.05) is 58.9 Å². The van der Waals surface area contributed by atoms with E-state index in [2.05, 4.69) is 16.0 Å². The van der Waals surface area contributed by atoms with Crippen molar-refractivity contribution in [2.24, 2.45) is 0 Å². The number of hydrogen-bond donors (Lipinski definition) is 3. The minimum Gasteiger partial charge on any atom is -0.459 e. The second-order valence-electron chi connectivity index (χ2n) is 11.1. The van der Waals surface area contributed by atoms with Crippen molar-refractivity contribution in [2.45, 2.75) is 79.1 Å². The van der Waals surface area contributed by atoms with Crippen LogP contribution >= 0.6 is 0 Å². The number of rotatable bonds is 15. The molecule has 200 valence electrons. The van der Waals surface area contributed by atoms with Crippen LogP contribution in [0.25, 0.3) is 0 Å². The van der Waals surface area contributed by atoms with Crippen LogP contribution in [-0.2, 0) is 28.6 Å². The SMILES string of the molecule is CC(C)(C)OC(=O)CNCCNCCN(CCNCC(=O)OC(C)(C)C)CC(=O)OC(C)(C)C. The van der Waals surface area contributed by atoms with Crippen LogP contribution < -0.4 is 16.0 Å². The lowest BCUT2D eigenvalue weighted by atomic mass is 10.2. The highest BCUT2D eigenvalue weighted by Crippen LogP contribution is 2.08. The first-order valence-electron chi connectivity index (χ1n) is 12.0. The Kier molecular flexibility index (Phi) is 14.5. The van der Waals surface area contributed by atoms with E-state index in [9.17, 15) is 14.4 Å². The van der Waals surface area contributed by atoms with E-state index in [-0.39, 0.29) is 37.5 Å². The maximum atomic E-state index is 12.3. The first kappa shape index (κ1) is 32.2. The Morgan fingerprint density at radius 3 is 1.35 bits per heavy atom. The molecule has 0 aromatic carbocycles. The smallest absolute Gasteiger partial charge is 0.320 e. The fraction of sp³-hybridized carbons (Fsp3) is 0.875. The van der Waals surface area contributed by atoms with E-state index < -0.39 is 16.8 Å². The largest absolute Gasteiger partial charge is 0.459 e. The maximum Gasteiger partial charge on any atom is 0.320 e. The van der Waals surface area contributed by atoms with Gasteiger partial charge in [-0.15, -0.1) is 0 Å². The van der Waals surface area contributed by atoms with E-state index in [1.54, 1.807) is 0 Å². The average molecular weight is 489 g/mol. The molecule has 10 nitrogen and oxygen atoms in total. The van der Waals surface area contributed by atoms with Gasteiger partial charge in [-0.2, -0.15) is 0 Å². The molecule has 34 heavy (non-hydrogen) atoms. The van der Waals surface area contributed by atoms with Gasteiger partial charge < -0.3 is 30.2 Å². The second-order valence-corrected chi connectivity index (χ2v) is 11.1. The molecule has 0 aliphatic heterocycles. The van der Waals surface area contributed by atoms with Gasteiger partial charge in [0.05, 0.1) is 19.6 Å². The van der Waals surface area contributed by atoms with Gasteiger partial charge in [0.2, 0.25) is 0 Å². The highest BCUT2D eigenvalue weighted by molar-refractivity contribution is 5.72. The summed E-state index contributed by atoms with van der Waals surface area (Å²) >= 11 is 0. The Bertz CT molecular complexity index is 620. The second kappa shape index (κ2) is 15.3. The molecule has 10 heteroatoms. The average Bonchev–Trinajstić information content (AvgIpc) is 2.59. The zero-order valence-corrected chi connectivity index (χ0v) is 22.8. The third kappa shape index (κ3) is 22.1. The van der Waals surface area contributed by atoms with Gasteiger partial charge in [-0.25, -0.2) is 0 Å². The van der Waals surface area contributed by atoms with Crippen molar-refractivity contribution in [1.29, 1.82) is 0 Å². The van der Waals surface area contributed by atoms with Crippen molar-refractivity contribution in [1.82, 2.24) is 20.9 Å². The first-order valence-corrected chi connectivity index (χ1v) is 12.0. The number of nitrogens with one attached hydrogen (secondary N) is 3. The molecule has 0 aromatic rings. The van der Waals surface area contributed by atoms with E-state index in [4.69, 9.17) is 14.2 Å². The molecule has 0 aromatic heterocycles. The monoisotopic (exact) mass is 488 g/mol. The van der Waals surface area contributed by atoms with Gasteiger partial charge in [0, 0.05) is 39.3 Å². The van der Waals surface area contributed by atoms with E-state index in [0.29, 0.717) is 39.3 Å². The summed E-state index contributed by atoms with van der Waals surface area (Å²) < 4.78 is 16.0. The maximum absolute atomic E-state index is 12.3. The summed E-state index contributed by atoms with van der Waals surface area (Å²) in [6.45, 7) is 20.6. The highest BCUT2D eigenvalue weighted by atomic mass is 16.6.